The largest absolute Gasteiger partial charge is 0.353 e. The quantitative estimate of drug-likeness (QED) is 0.710. The summed E-state index contributed by atoms with van der Waals surface area (Å²) in [6.07, 6.45) is 0. The maximum absolute atomic E-state index is 9.38. The zero-order chi connectivity index (χ0) is 13.2. The predicted molar refractivity (Wildman–Crippen MR) is 73.2 cm³/mol. The minimum atomic E-state index is 0.558. The van der Waals surface area contributed by atoms with Gasteiger partial charge in [0.2, 0.25) is 0 Å². The summed E-state index contributed by atoms with van der Waals surface area (Å²) in [5.41, 5.74) is 3.78. The molecular formula is C16H9N3. The van der Waals surface area contributed by atoms with E-state index in [1.165, 1.54) is 0 Å². The number of nitrogens with zero attached hydrogens (tertiary/aromatic N) is 2. The molecule has 0 aliphatic carbocycles. The number of H-pyrrole nitrogens is 1. The fourth-order valence-electron chi connectivity index (χ4n) is 2.20. The van der Waals surface area contributed by atoms with Gasteiger partial charge in [0.25, 0.3) is 0 Å². The Morgan fingerprint density at radius 3 is 2.37 bits per heavy atom. The lowest BCUT2D eigenvalue weighted by Crippen LogP contribution is -1.80. The molecule has 0 spiro atoms. The molecular weight excluding hydrogens is 234 g/mol. The average molecular weight is 243 g/mol. The third-order valence-corrected chi connectivity index (χ3v) is 3.10. The number of fused-ring (bicyclic) bond motifs is 1. The van der Waals surface area contributed by atoms with Crippen LogP contribution < -0.4 is 0 Å². The molecule has 0 aliphatic rings. The van der Waals surface area contributed by atoms with E-state index in [4.69, 9.17) is 5.26 Å². The van der Waals surface area contributed by atoms with Crippen LogP contribution in [0, 0.1) is 22.7 Å². The Kier molecular flexibility index (Phi) is 2.52. The molecule has 19 heavy (non-hydrogen) atoms. The van der Waals surface area contributed by atoms with Crippen molar-refractivity contribution in [3.8, 4) is 23.4 Å². The monoisotopic (exact) mass is 243 g/mol. The summed E-state index contributed by atoms with van der Waals surface area (Å²) in [5.74, 6) is 0. The fraction of sp³-hybridized carbons (Fsp3) is 0. The SMILES string of the molecule is N#Cc1ccc2[nH]c(-c3ccccc3)c(C#N)c2c1. The van der Waals surface area contributed by atoms with Crippen LogP contribution in [0.4, 0.5) is 0 Å². The average Bonchev–Trinajstić information content (AvgIpc) is 2.85. The Morgan fingerprint density at radius 2 is 1.68 bits per heavy atom. The third kappa shape index (κ3) is 1.74. The Labute approximate surface area is 110 Å². The molecule has 2 aromatic carbocycles. The minimum absolute atomic E-state index is 0.558. The molecule has 0 radical (unpaired) electrons. The molecule has 0 saturated heterocycles. The molecule has 3 nitrogen and oxygen atoms in total. The molecule has 1 aromatic heterocycles. The van der Waals surface area contributed by atoms with Gasteiger partial charge in [0.05, 0.1) is 22.9 Å². The molecule has 3 aromatic rings. The number of hydrogen-bond acceptors (Lipinski definition) is 2. The van der Waals surface area contributed by atoms with Crippen LogP contribution in [0.3, 0.4) is 0 Å². The summed E-state index contributed by atoms with van der Waals surface area (Å²) >= 11 is 0. The lowest BCUT2D eigenvalue weighted by atomic mass is 10.1. The highest BCUT2D eigenvalue weighted by molar-refractivity contribution is 5.94. The molecule has 1 N–H and O–H groups in total. The minimum Gasteiger partial charge on any atom is -0.353 e. The van der Waals surface area contributed by atoms with Gasteiger partial charge in [-0.1, -0.05) is 30.3 Å². The maximum atomic E-state index is 9.38. The number of hydrogen-bond donors (Lipinski definition) is 1. The first-order chi connectivity index (χ1) is 9.33. The molecule has 0 amide bonds. The van der Waals surface area contributed by atoms with Crippen molar-refractivity contribution in [3.63, 3.8) is 0 Å². The summed E-state index contributed by atoms with van der Waals surface area (Å²) < 4.78 is 0. The van der Waals surface area contributed by atoms with Gasteiger partial charge in [-0.05, 0) is 23.8 Å². The van der Waals surface area contributed by atoms with Gasteiger partial charge in [0, 0.05) is 10.9 Å². The molecule has 3 heteroatoms. The molecule has 0 aliphatic heterocycles. The first-order valence-electron chi connectivity index (χ1n) is 5.85. The van der Waals surface area contributed by atoms with Crippen molar-refractivity contribution in [3.05, 3.63) is 59.7 Å². The zero-order valence-electron chi connectivity index (χ0n) is 10.0. The highest BCUT2D eigenvalue weighted by Gasteiger charge is 2.12. The van der Waals surface area contributed by atoms with Gasteiger partial charge in [-0.25, -0.2) is 0 Å². The van der Waals surface area contributed by atoms with Crippen LogP contribution in [0.5, 0.6) is 0 Å². The second-order valence-corrected chi connectivity index (χ2v) is 4.22. The topological polar surface area (TPSA) is 63.4 Å². The van der Waals surface area contributed by atoms with Crippen LogP contribution in [-0.2, 0) is 0 Å². The normalized spacial score (nSPS) is 10.0. The van der Waals surface area contributed by atoms with Crippen molar-refractivity contribution in [2.75, 3.05) is 0 Å². The van der Waals surface area contributed by atoms with E-state index < -0.39 is 0 Å². The van der Waals surface area contributed by atoms with Crippen LogP contribution in [0.1, 0.15) is 11.1 Å². The lowest BCUT2D eigenvalue weighted by Gasteiger charge is -1.97. The Balaban J connectivity index is 2.34. The Morgan fingerprint density at radius 1 is 0.895 bits per heavy atom. The van der Waals surface area contributed by atoms with Crippen LogP contribution >= 0.6 is 0 Å². The number of aromatic amines is 1. The molecule has 0 bridgehead atoms. The van der Waals surface area contributed by atoms with Crippen molar-refractivity contribution < 1.29 is 0 Å². The Hall–Kier alpha value is -3.04. The van der Waals surface area contributed by atoms with Crippen molar-refractivity contribution >= 4 is 10.9 Å². The van der Waals surface area contributed by atoms with Crippen molar-refractivity contribution in [2.45, 2.75) is 0 Å². The first-order valence-corrected chi connectivity index (χ1v) is 5.85. The highest BCUT2D eigenvalue weighted by atomic mass is 14.7. The van der Waals surface area contributed by atoms with E-state index in [1.54, 1.807) is 12.1 Å². The van der Waals surface area contributed by atoms with Gasteiger partial charge < -0.3 is 4.98 Å². The van der Waals surface area contributed by atoms with E-state index in [0.717, 1.165) is 22.2 Å². The maximum Gasteiger partial charge on any atom is 0.102 e. The molecule has 88 valence electrons. The smallest absolute Gasteiger partial charge is 0.102 e. The summed E-state index contributed by atoms with van der Waals surface area (Å²) in [6, 6.07) is 19.4. The molecule has 1 heterocycles. The van der Waals surface area contributed by atoms with Gasteiger partial charge in [-0.15, -0.1) is 0 Å². The Bertz CT molecular complexity index is 830. The van der Waals surface area contributed by atoms with E-state index in [9.17, 15) is 5.26 Å². The summed E-state index contributed by atoms with van der Waals surface area (Å²) in [6.45, 7) is 0. The number of rotatable bonds is 1. The first kappa shape index (κ1) is 11.1. The zero-order valence-corrected chi connectivity index (χ0v) is 10.0. The summed E-state index contributed by atoms with van der Waals surface area (Å²) in [4.78, 5) is 3.25. The second kappa shape index (κ2) is 4.33. The summed E-state index contributed by atoms with van der Waals surface area (Å²) in [7, 11) is 0. The fourth-order valence-corrected chi connectivity index (χ4v) is 2.20. The van der Waals surface area contributed by atoms with E-state index in [-0.39, 0.29) is 0 Å². The van der Waals surface area contributed by atoms with Crippen LogP contribution in [-0.4, -0.2) is 4.98 Å². The van der Waals surface area contributed by atoms with Crippen LogP contribution in [0.2, 0.25) is 0 Å². The number of nitriles is 2. The lowest BCUT2D eigenvalue weighted by molar-refractivity contribution is 1.43. The van der Waals surface area contributed by atoms with Gasteiger partial charge in [0.1, 0.15) is 6.07 Å². The number of nitrogens with one attached hydrogen (secondary N) is 1. The van der Waals surface area contributed by atoms with Crippen molar-refractivity contribution in [2.24, 2.45) is 0 Å². The van der Waals surface area contributed by atoms with Gasteiger partial charge in [-0.3, -0.25) is 0 Å². The van der Waals surface area contributed by atoms with Gasteiger partial charge in [-0.2, -0.15) is 10.5 Å². The molecule has 0 fully saturated rings. The van der Waals surface area contributed by atoms with E-state index in [0.29, 0.717) is 11.1 Å². The molecule has 0 saturated carbocycles. The van der Waals surface area contributed by atoms with Crippen LogP contribution in [0.15, 0.2) is 48.5 Å². The van der Waals surface area contributed by atoms with E-state index in [1.807, 2.05) is 36.4 Å². The second-order valence-electron chi connectivity index (χ2n) is 4.22. The number of benzene rings is 2. The standard InChI is InChI=1S/C16H9N3/c17-9-11-6-7-15-13(8-11)14(10-18)16(19-15)12-4-2-1-3-5-12/h1-8,19H. The predicted octanol–water partition coefficient (Wildman–Crippen LogP) is 3.58. The van der Waals surface area contributed by atoms with Crippen molar-refractivity contribution in [1.29, 1.82) is 10.5 Å². The van der Waals surface area contributed by atoms with Gasteiger partial charge >= 0.3 is 0 Å². The molecule has 0 unspecified atom stereocenters. The highest BCUT2D eigenvalue weighted by Crippen LogP contribution is 2.30. The van der Waals surface area contributed by atoms with E-state index >= 15 is 0 Å². The molecule has 0 atom stereocenters. The third-order valence-electron chi connectivity index (χ3n) is 3.10. The van der Waals surface area contributed by atoms with Crippen molar-refractivity contribution in [1.82, 2.24) is 4.98 Å². The van der Waals surface area contributed by atoms with Gasteiger partial charge in [0.15, 0.2) is 0 Å². The summed E-state index contributed by atoms with van der Waals surface area (Å²) in [5, 5.41) is 19.1. The van der Waals surface area contributed by atoms with Crippen LogP contribution in [0.25, 0.3) is 22.2 Å². The molecule has 3 rings (SSSR count). The number of aromatic nitrogens is 1. The van der Waals surface area contributed by atoms with E-state index in [2.05, 4.69) is 17.1 Å².